The average molecular weight is 326 g/mol. The molecule has 0 saturated heterocycles. The molecule has 1 amide bonds. The van der Waals surface area contributed by atoms with E-state index in [9.17, 15) is 9.59 Å². The fourth-order valence-electron chi connectivity index (χ4n) is 2.41. The largest absolute Gasteiger partial charge is 0.481 e. The van der Waals surface area contributed by atoms with Crippen LogP contribution in [-0.4, -0.2) is 23.5 Å². The normalized spacial score (nSPS) is 10.2. The zero-order valence-electron chi connectivity index (χ0n) is 13.7. The molecule has 0 aliphatic rings. The van der Waals surface area contributed by atoms with Crippen LogP contribution in [0.25, 0.3) is 0 Å². The van der Waals surface area contributed by atoms with Gasteiger partial charge in [-0.15, -0.1) is 0 Å². The molecule has 0 fully saturated rings. The van der Waals surface area contributed by atoms with E-state index in [1.54, 1.807) is 6.07 Å². The topological polar surface area (TPSA) is 78.4 Å². The van der Waals surface area contributed by atoms with Gasteiger partial charge in [-0.05, 0) is 35.7 Å². The Kier molecular flexibility index (Phi) is 6.37. The molecule has 0 spiro atoms. The van der Waals surface area contributed by atoms with Crippen LogP contribution in [0.1, 0.15) is 34.8 Å². The molecule has 24 heavy (non-hydrogen) atoms. The molecule has 5 nitrogen and oxygen atoms in total. The van der Waals surface area contributed by atoms with E-state index in [4.69, 9.17) is 5.11 Å². The van der Waals surface area contributed by atoms with Crippen LogP contribution < -0.4 is 10.6 Å². The van der Waals surface area contributed by atoms with E-state index in [0.29, 0.717) is 12.1 Å². The Balaban J connectivity index is 1.97. The monoisotopic (exact) mass is 326 g/mol. The number of hydrogen-bond donors (Lipinski definition) is 3. The Morgan fingerprint density at radius 2 is 1.88 bits per heavy atom. The van der Waals surface area contributed by atoms with Gasteiger partial charge in [0.05, 0.1) is 6.42 Å². The minimum Gasteiger partial charge on any atom is -0.481 e. The van der Waals surface area contributed by atoms with Crippen LogP contribution >= 0.6 is 0 Å². The Hall–Kier alpha value is -2.82. The number of amides is 1. The minimum absolute atomic E-state index is 0.0826. The summed E-state index contributed by atoms with van der Waals surface area (Å²) in [6, 6.07) is 15.5. The first kappa shape index (κ1) is 17.5. The lowest BCUT2D eigenvalue weighted by molar-refractivity contribution is -0.136. The molecule has 2 rings (SSSR count). The van der Waals surface area contributed by atoms with Crippen LogP contribution in [0.3, 0.4) is 0 Å². The summed E-state index contributed by atoms with van der Waals surface area (Å²) >= 11 is 0. The lowest BCUT2D eigenvalue weighted by atomic mass is 10.1. The van der Waals surface area contributed by atoms with Gasteiger partial charge in [0, 0.05) is 24.3 Å². The standard InChI is InChI=1S/C19H22N2O3/c1-2-15-7-3-4-9-17(15)21-13-14-6-5-8-16(12-14)19(24)20-11-10-18(22)23/h3-9,12,21H,2,10-11,13H2,1H3,(H,20,24)(H,22,23). The molecule has 0 aliphatic carbocycles. The van der Waals surface area contributed by atoms with E-state index in [0.717, 1.165) is 17.7 Å². The van der Waals surface area contributed by atoms with Crippen LogP contribution in [0.4, 0.5) is 5.69 Å². The number of rotatable bonds is 8. The van der Waals surface area contributed by atoms with Crippen LogP contribution in [0.2, 0.25) is 0 Å². The molecule has 0 unspecified atom stereocenters. The lowest BCUT2D eigenvalue weighted by Gasteiger charge is -2.11. The van der Waals surface area contributed by atoms with Crippen LogP contribution in [0.5, 0.6) is 0 Å². The van der Waals surface area contributed by atoms with Gasteiger partial charge in [-0.2, -0.15) is 0 Å². The number of carbonyl (C=O) groups is 2. The van der Waals surface area contributed by atoms with Gasteiger partial charge in [-0.3, -0.25) is 9.59 Å². The summed E-state index contributed by atoms with van der Waals surface area (Å²) in [5.41, 5.74) is 3.87. The summed E-state index contributed by atoms with van der Waals surface area (Å²) in [4.78, 5) is 22.5. The highest BCUT2D eigenvalue weighted by atomic mass is 16.4. The Morgan fingerprint density at radius 3 is 2.62 bits per heavy atom. The van der Waals surface area contributed by atoms with Crippen LogP contribution in [0, 0.1) is 0 Å². The number of nitrogens with one attached hydrogen (secondary N) is 2. The SMILES string of the molecule is CCc1ccccc1NCc1cccc(C(=O)NCCC(=O)O)c1. The zero-order chi connectivity index (χ0) is 17.4. The summed E-state index contributed by atoms with van der Waals surface area (Å²) < 4.78 is 0. The van der Waals surface area contributed by atoms with Crippen LogP contribution in [0.15, 0.2) is 48.5 Å². The van der Waals surface area contributed by atoms with Gasteiger partial charge in [0.1, 0.15) is 0 Å². The van der Waals surface area contributed by atoms with Crippen molar-refractivity contribution in [3.63, 3.8) is 0 Å². The third-order valence-electron chi connectivity index (χ3n) is 3.69. The van der Waals surface area contributed by atoms with E-state index in [-0.39, 0.29) is 18.9 Å². The molecule has 0 aromatic heterocycles. The smallest absolute Gasteiger partial charge is 0.305 e. The van der Waals surface area contributed by atoms with Crippen molar-refractivity contribution in [2.24, 2.45) is 0 Å². The van der Waals surface area contributed by atoms with Gasteiger partial charge in [0.2, 0.25) is 0 Å². The van der Waals surface area contributed by atoms with Gasteiger partial charge < -0.3 is 15.7 Å². The number of aliphatic carboxylic acids is 1. The number of para-hydroxylation sites is 1. The number of carboxylic acids is 1. The maximum Gasteiger partial charge on any atom is 0.305 e. The summed E-state index contributed by atoms with van der Waals surface area (Å²) in [7, 11) is 0. The number of carboxylic acid groups (broad SMARTS) is 1. The molecule has 3 N–H and O–H groups in total. The van der Waals surface area contributed by atoms with Crippen molar-refractivity contribution >= 4 is 17.6 Å². The molecular formula is C19H22N2O3. The maximum absolute atomic E-state index is 12.0. The van der Waals surface area contributed by atoms with E-state index in [1.165, 1.54) is 5.56 Å². The summed E-state index contributed by atoms with van der Waals surface area (Å²) in [5.74, 6) is -1.19. The third kappa shape index (κ3) is 5.12. The quantitative estimate of drug-likeness (QED) is 0.696. The average Bonchev–Trinajstić information content (AvgIpc) is 2.60. The number of carbonyl (C=O) groups excluding carboxylic acids is 1. The highest BCUT2D eigenvalue weighted by Gasteiger charge is 2.07. The molecular weight excluding hydrogens is 304 g/mol. The number of benzene rings is 2. The predicted molar refractivity (Wildman–Crippen MR) is 94.2 cm³/mol. The van der Waals surface area contributed by atoms with Crippen molar-refractivity contribution in [2.45, 2.75) is 26.3 Å². The summed E-state index contributed by atoms with van der Waals surface area (Å²) in [6.45, 7) is 2.86. The highest BCUT2D eigenvalue weighted by Crippen LogP contribution is 2.17. The minimum atomic E-state index is -0.928. The van der Waals surface area contributed by atoms with E-state index < -0.39 is 5.97 Å². The second-order valence-corrected chi connectivity index (χ2v) is 5.46. The first-order valence-corrected chi connectivity index (χ1v) is 8.01. The van der Waals surface area contributed by atoms with Crippen molar-refractivity contribution in [2.75, 3.05) is 11.9 Å². The van der Waals surface area contributed by atoms with E-state index in [1.807, 2.05) is 36.4 Å². The van der Waals surface area contributed by atoms with Gasteiger partial charge in [-0.1, -0.05) is 37.3 Å². The fraction of sp³-hybridized carbons (Fsp3) is 0.263. The lowest BCUT2D eigenvalue weighted by Crippen LogP contribution is -2.26. The first-order chi connectivity index (χ1) is 11.6. The number of hydrogen-bond acceptors (Lipinski definition) is 3. The zero-order valence-corrected chi connectivity index (χ0v) is 13.7. The van der Waals surface area contributed by atoms with Crippen molar-refractivity contribution in [1.82, 2.24) is 5.32 Å². The highest BCUT2D eigenvalue weighted by molar-refractivity contribution is 5.94. The molecule has 2 aromatic rings. The molecule has 0 heterocycles. The van der Waals surface area contributed by atoms with Crippen molar-refractivity contribution < 1.29 is 14.7 Å². The van der Waals surface area contributed by atoms with Crippen molar-refractivity contribution in [3.05, 3.63) is 65.2 Å². The maximum atomic E-state index is 12.0. The fourth-order valence-corrected chi connectivity index (χ4v) is 2.41. The molecule has 0 radical (unpaired) electrons. The Morgan fingerprint density at radius 1 is 1.08 bits per heavy atom. The Labute approximate surface area is 141 Å². The predicted octanol–water partition coefficient (Wildman–Crippen LogP) is 3.07. The molecule has 5 heteroatoms. The summed E-state index contributed by atoms with van der Waals surface area (Å²) in [6.07, 6.45) is 0.871. The second-order valence-electron chi connectivity index (χ2n) is 5.46. The third-order valence-corrected chi connectivity index (χ3v) is 3.69. The van der Waals surface area contributed by atoms with Crippen molar-refractivity contribution in [1.29, 1.82) is 0 Å². The molecule has 0 bridgehead atoms. The molecule has 2 aromatic carbocycles. The van der Waals surface area contributed by atoms with E-state index >= 15 is 0 Å². The van der Waals surface area contributed by atoms with Gasteiger partial charge >= 0.3 is 5.97 Å². The van der Waals surface area contributed by atoms with Crippen LogP contribution in [-0.2, 0) is 17.8 Å². The molecule has 126 valence electrons. The summed E-state index contributed by atoms with van der Waals surface area (Å²) in [5, 5.41) is 14.6. The second kappa shape index (κ2) is 8.72. The molecule has 0 saturated carbocycles. The van der Waals surface area contributed by atoms with Gasteiger partial charge in [0.25, 0.3) is 5.91 Å². The molecule has 0 aliphatic heterocycles. The van der Waals surface area contributed by atoms with Crippen molar-refractivity contribution in [3.8, 4) is 0 Å². The first-order valence-electron chi connectivity index (χ1n) is 8.01. The number of aryl methyl sites for hydroxylation is 1. The Bertz CT molecular complexity index is 713. The molecule has 0 atom stereocenters. The van der Waals surface area contributed by atoms with Gasteiger partial charge in [-0.25, -0.2) is 0 Å². The van der Waals surface area contributed by atoms with E-state index in [2.05, 4.69) is 23.6 Å². The van der Waals surface area contributed by atoms with Gasteiger partial charge in [0.15, 0.2) is 0 Å². The number of anilines is 1.